The molecule has 0 saturated heterocycles. The molecule has 0 bridgehead atoms. The van der Waals surface area contributed by atoms with Gasteiger partial charge in [0.05, 0.1) is 30.2 Å². The maximum absolute atomic E-state index is 11.4. The molecule has 0 atom stereocenters. The first kappa shape index (κ1) is 13.2. The van der Waals surface area contributed by atoms with Crippen LogP contribution < -0.4 is 0 Å². The molecule has 0 amide bonds. The lowest BCUT2D eigenvalue weighted by molar-refractivity contribution is 0.0595. The van der Waals surface area contributed by atoms with E-state index in [1.807, 2.05) is 0 Å². The fraction of sp³-hybridized carbons (Fsp3) is 0.200. The van der Waals surface area contributed by atoms with Crippen molar-refractivity contribution in [3.8, 4) is 0 Å². The third-order valence-corrected chi connectivity index (χ3v) is 2.80. The molecule has 6 nitrogen and oxygen atoms in total. The summed E-state index contributed by atoms with van der Waals surface area (Å²) in [6.07, 6.45) is 0. The molecule has 0 saturated carbocycles. The third kappa shape index (κ3) is 2.82. The third-order valence-electron chi connectivity index (χ3n) is 2.02. The predicted molar refractivity (Wildman–Crippen MR) is 57.7 cm³/mol. The van der Waals surface area contributed by atoms with E-state index in [4.69, 9.17) is 0 Å². The fourth-order valence-electron chi connectivity index (χ4n) is 1.21. The van der Waals surface area contributed by atoms with Gasteiger partial charge in [0.15, 0.2) is 10.7 Å². The van der Waals surface area contributed by atoms with E-state index < -0.39 is 22.6 Å². The SMILES string of the molecule is COC(=O)c1ccc([SH](=O)=O)c(C(=O)OC)c1. The Kier molecular flexibility index (Phi) is 4.22. The van der Waals surface area contributed by atoms with Crippen LogP contribution in [0.5, 0.6) is 0 Å². The molecule has 0 N–H and O–H groups in total. The van der Waals surface area contributed by atoms with Crippen molar-refractivity contribution >= 4 is 22.6 Å². The van der Waals surface area contributed by atoms with Crippen LogP contribution in [0.15, 0.2) is 23.1 Å². The molecule has 1 aromatic carbocycles. The topological polar surface area (TPSA) is 86.7 Å². The number of benzene rings is 1. The number of ether oxygens (including phenoxy) is 2. The van der Waals surface area contributed by atoms with Crippen molar-refractivity contribution in [2.45, 2.75) is 4.90 Å². The van der Waals surface area contributed by atoms with Crippen LogP contribution in [0, 0.1) is 0 Å². The van der Waals surface area contributed by atoms with Crippen LogP contribution in [-0.2, 0) is 20.2 Å². The van der Waals surface area contributed by atoms with Crippen molar-refractivity contribution in [1.29, 1.82) is 0 Å². The zero-order chi connectivity index (χ0) is 13.0. The average molecular weight is 258 g/mol. The fourth-order valence-corrected chi connectivity index (χ4v) is 1.76. The lowest BCUT2D eigenvalue weighted by Gasteiger charge is -2.05. The zero-order valence-electron chi connectivity index (χ0n) is 9.13. The molecule has 0 fully saturated rings. The molecule has 0 aromatic heterocycles. The van der Waals surface area contributed by atoms with Crippen molar-refractivity contribution in [2.24, 2.45) is 0 Å². The van der Waals surface area contributed by atoms with Crippen LogP contribution in [0.2, 0.25) is 0 Å². The van der Waals surface area contributed by atoms with Gasteiger partial charge in [-0.25, -0.2) is 18.0 Å². The van der Waals surface area contributed by atoms with Gasteiger partial charge in [0.2, 0.25) is 0 Å². The van der Waals surface area contributed by atoms with E-state index in [-0.39, 0.29) is 16.0 Å². The number of esters is 2. The van der Waals surface area contributed by atoms with Crippen molar-refractivity contribution < 1.29 is 27.5 Å². The van der Waals surface area contributed by atoms with Gasteiger partial charge in [0.1, 0.15) is 0 Å². The second-order valence-electron chi connectivity index (χ2n) is 2.97. The van der Waals surface area contributed by atoms with Crippen LogP contribution >= 0.6 is 0 Å². The van der Waals surface area contributed by atoms with Gasteiger partial charge in [-0.2, -0.15) is 0 Å². The zero-order valence-corrected chi connectivity index (χ0v) is 10.0. The van der Waals surface area contributed by atoms with Gasteiger partial charge in [-0.05, 0) is 18.2 Å². The highest BCUT2D eigenvalue weighted by atomic mass is 32.2. The van der Waals surface area contributed by atoms with Gasteiger partial charge in [0, 0.05) is 0 Å². The van der Waals surface area contributed by atoms with Crippen LogP contribution in [0.3, 0.4) is 0 Å². The first-order chi connectivity index (χ1) is 8.01. The van der Waals surface area contributed by atoms with Gasteiger partial charge in [0.25, 0.3) is 0 Å². The lowest BCUT2D eigenvalue weighted by atomic mass is 10.1. The average Bonchev–Trinajstić information content (AvgIpc) is 2.35. The van der Waals surface area contributed by atoms with E-state index in [1.165, 1.54) is 13.2 Å². The molecule has 17 heavy (non-hydrogen) atoms. The van der Waals surface area contributed by atoms with E-state index in [0.29, 0.717) is 0 Å². The molecule has 0 heterocycles. The summed E-state index contributed by atoms with van der Waals surface area (Å²) in [5.41, 5.74) is -0.111. The number of thiol groups is 1. The maximum atomic E-state index is 11.4. The van der Waals surface area contributed by atoms with Crippen LogP contribution in [0.4, 0.5) is 0 Å². The molecule has 0 aliphatic carbocycles. The van der Waals surface area contributed by atoms with Gasteiger partial charge in [-0.3, -0.25) is 0 Å². The highest BCUT2D eigenvalue weighted by Gasteiger charge is 2.17. The van der Waals surface area contributed by atoms with Crippen LogP contribution in [0.1, 0.15) is 20.7 Å². The Morgan fingerprint density at radius 1 is 1.06 bits per heavy atom. The Balaban J connectivity index is 3.39. The summed E-state index contributed by atoms with van der Waals surface area (Å²) in [6.45, 7) is 0. The minimum absolute atomic E-state index is 0.0773. The van der Waals surface area contributed by atoms with E-state index in [9.17, 15) is 18.0 Å². The summed E-state index contributed by atoms with van der Waals surface area (Å²) < 4.78 is 30.7. The van der Waals surface area contributed by atoms with Gasteiger partial charge in [-0.1, -0.05) is 0 Å². The number of methoxy groups -OCH3 is 2. The van der Waals surface area contributed by atoms with Crippen LogP contribution in [-0.4, -0.2) is 34.6 Å². The first-order valence-electron chi connectivity index (χ1n) is 4.46. The predicted octanol–water partition coefficient (Wildman–Crippen LogP) is 0.230. The maximum Gasteiger partial charge on any atom is 0.339 e. The minimum atomic E-state index is -2.94. The van der Waals surface area contributed by atoms with Crippen molar-refractivity contribution in [2.75, 3.05) is 14.2 Å². The Morgan fingerprint density at radius 2 is 1.65 bits per heavy atom. The summed E-state index contributed by atoms with van der Waals surface area (Å²) in [5, 5.41) is 0. The Morgan fingerprint density at radius 3 is 2.12 bits per heavy atom. The van der Waals surface area contributed by atoms with Crippen molar-refractivity contribution in [3.63, 3.8) is 0 Å². The van der Waals surface area contributed by atoms with Gasteiger partial charge < -0.3 is 9.47 Å². The Labute approximate surface area is 99.1 Å². The van der Waals surface area contributed by atoms with Crippen molar-refractivity contribution in [1.82, 2.24) is 0 Å². The summed E-state index contributed by atoms with van der Waals surface area (Å²) in [5.74, 6) is -1.49. The van der Waals surface area contributed by atoms with Gasteiger partial charge >= 0.3 is 11.9 Å². The second kappa shape index (κ2) is 5.44. The van der Waals surface area contributed by atoms with E-state index >= 15 is 0 Å². The number of carbonyl (C=O) groups excluding carboxylic acids is 2. The number of carbonyl (C=O) groups is 2. The number of rotatable bonds is 3. The number of hydrogen-bond acceptors (Lipinski definition) is 6. The monoisotopic (exact) mass is 258 g/mol. The van der Waals surface area contributed by atoms with E-state index in [1.54, 1.807) is 0 Å². The number of hydrogen-bond donors (Lipinski definition) is 1. The normalized spacial score (nSPS) is 10.1. The van der Waals surface area contributed by atoms with E-state index in [2.05, 4.69) is 9.47 Å². The largest absolute Gasteiger partial charge is 0.465 e. The minimum Gasteiger partial charge on any atom is -0.465 e. The van der Waals surface area contributed by atoms with E-state index in [0.717, 1.165) is 19.2 Å². The molecular formula is C10H10O6S. The quantitative estimate of drug-likeness (QED) is 0.617. The summed E-state index contributed by atoms with van der Waals surface area (Å²) >= 11 is 0. The molecule has 7 heteroatoms. The summed E-state index contributed by atoms with van der Waals surface area (Å²) in [6, 6.07) is 3.54. The highest BCUT2D eigenvalue weighted by Crippen LogP contribution is 2.15. The molecule has 0 unspecified atom stereocenters. The Hall–Kier alpha value is -1.89. The molecule has 0 radical (unpaired) electrons. The van der Waals surface area contributed by atoms with Gasteiger partial charge in [-0.15, -0.1) is 0 Å². The summed E-state index contributed by atoms with van der Waals surface area (Å²) in [7, 11) is -0.641. The molecular weight excluding hydrogens is 248 g/mol. The molecule has 1 rings (SSSR count). The molecule has 92 valence electrons. The Bertz CT molecular complexity index is 524. The van der Waals surface area contributed by atoms with Crippen LogP contribution in [0.25, 0.3) is 0 Å². The molecule has 0 aliphatic rings. The standard InChI is InChI=1S/C10H10O6S/c1-15-9(11)6-3-4-8(17(13)14)7(5-6)10(12)16-2/h3-5,17H,1-2H3. The molecule has 1 aromatic rings. The smallest absolute Gasteiger partial charge is 0.339 e. The van der Waals surface area contributed by atoms with Crippen molar-refractivity contribution in [3.05, 3.63) is 29.3 Å². The second-order valence-corrected chi connectivity index (χ2v) is 3.97. The highest BCUT2D eigenvalue weighted by molar-refractivity contribution is 7.72. The first-order valence-corrected chi connectivity index (χ1v) is 5.64. The molecule has 0 aliphatic heterocycles. The molecule has 0 spiro atoms. The summed E-state index contributed by atoms with van der Waals surface area (Å²) in [4.78, 5) is 22.4. The lowest BCUT2D eigenvalue weighted by Crippen LogP contribution is -2.09.